The fraction of sp³-hybridized carbons (Fsp3) is 0.500. The van der Waals surface area contributed by atoms with E-state index in [0.29, 0.717) is 37.4 Å². The van der Waals surface area contributed by atoms with Crippen molar-refractivity contribution < 1.29 is 4.79 Å². The van der Waals surface area contributed by atoms with Crippen molar-refractivity contribution in [1.82, 2.24) is 19.5 Å². The summed E-state index contributed by atoms with van der Waals surface area (Å²) in [6.45, 7) is 7.33. The Labute approximate surface area is 150 Å². The highest BCUT2D eigenvalue weighted by Gasteiger charge is 2.13. The molecule has 3 heterocycles. The molecule has 6 nitrogen and oxygen atoms in total. The van der Waals surface area contributed by atoms with Crippen LogP contribution >= 0.6 is 11.3 Å². The van der Waals surface area contributed by atoms with Crippen molar-refractivity contribution >= 4 is 33.0 Å². The lowest BCUT2D eigenvalue weighted by Gasteiger charge is -2.09. The minimum absolute atomic E-state index is 0.0368. The van der Waals surface area contributed by atoms with Crippen molar-refractivity contribution in [2.75, 3.05) is 6.54 Å². The van der Waals surface area contributed by atoms with Crippen LogP contribution in [0.4, 0.5) is 0 Å². The molecule has 0 aromatic carbocycles. The third-order valence-electron chi connectivity index (χ3n) is 4.28. The van der Waals surface area contributed by atoms with Crippen LogP contribution in [-0.2, 0) is 11.3 Å². The Kier molecular flexibility index (Phi) is 5.22. The molecule has 0 spiro atoms. The molecule has 0 saturated carbocycles. The molecular formula is C18H24N4O2S. The summed E-state index contributed by atoms with van der Waals surface area (Å²) in [6, 6.07) is 3.93. The van der Waals surface area contributed by atoms with E-state index in [-0.39, 0.29) is 11.5 Å². The van der Waals surface area contributed by atoms with Gasteiger partial charge in [-0.25, -0.2) is 4.68 Å². The number of carbonyl (C=O) groups excluding carboxylic acids is 1. The number of amides is 1. The average Bonchev–Trinajstić information content (AvgIpc) is 3.12. The van der Waals surface area contributed by atoms with Gasteiger partial charge in [-0.15, -0.1) is 11.3 Å². The molecular weight excluding hydrogens is 336 g/mol. The first kappa shape index (κ1) is 17.7. The third kappa shape index (κ3) is 3.76. The van der Waals surface area contributed by atoms with Crippen LogP contribution in [0.1, 0.15) is 38.9 Å². The number of hydrogen-bond acceptors (Lipinski definition) is 4. The van der Waals surface area contributed by atoms with Gasteiger partial charge >= 0.3 is 0 Å². The molecule has 0 bridgehead atoms. The van der Waals surface area contributed by atoms with Crippen molar-refractivity contribution in [3.8, 4) is 0 Å². The number of thiophene rings is 1. The maximum absolute atomic E-state index is 12.7. The summed E-state index contributed by atoms with van der Waals surface area (Å²) < 4.78 is 4.48. The summed E-state index contributed by atoms with van der Waals surface area (Å²) in [5, 5.41) is 9.36. The van der Waals surface area contributed by atoms with E-state index >= 15 is 0 Å². The number of nitrogens with one attached hydrogen (secondary N) is 1. The van der Waals surface area contributed by atoms with E-state index in [4.69, 9.17) is 0 Å². The van der Waals surface area contributed by atoms with E-state index in [1.807, 2.05) is 28.8 Å². The van der Waals surface area contributed by atoms with Crippen LogP contribution in [0.3, 0.4) is 0 Å². The molecule has 3 aromatic heterocycles. The highest BCUT2D eigenvalue weighted by atomic mass is 32.1. The number of rotatable bonds is 7. The summed E-state index contributed by atoms with van der Waals surface area (Å²) >= 11 is 1.62. The summed E-state index contributed by atoms with van der Waals surface area (Å²) in [5.74, 6) is 1.40. The van der Waals surface area contributed by atoms with Crippen LogP contribution in [0.5, 0.6) is 0 Å². The third-order valence-corrected chi connectivity index (χ3v) is 5.14. The molecule has 1 amide bonds. The summed E-state index contributed by atoms with van der Waals surface area (Å²) in [6.07, 6.45) is 1.99. The second-order valence-corrected chi connectivity index (χ2v) is 7.69. The van der Waals surface area contributed by atoms with Crippen molar-refractivity contribution in [3.05, 3.63) is 33.7 Å². The van der Waals surface area contributed by atoms with Gasteiger partial charge in [0.2, 0.25) is 5.91 Å². The molecule has 0 fully saturated rings. The van der Waals surface area contributed by atoms with Gasteiger partial charge in [-0.05, 0) is 43.2 Å². The molecule has 7 heteroatoms. The van der Waals surface area contributed by atoms with Crippen molar-refractivity contribution in [2.45, 2.75) is 46.6 Å². The molecule has 0 radical (unpaired) electrons. The Balaban J connectivity index is 1.67. The zero-order valence-corrected chi connectivity index (χ0v) is 15.7. The summed E-state index contributed by atoms with van der Waals surface area (Å²) in [5.41, 5.74) is 1.57. The minimum atomic E-state index is -0.103. The predicted octanol–water partition coefficient (Wildman–Crippen LogP) is 2.96. The fourth-order valence-corrected chi connectivity index (χ4v) is 3.76. The van der Waals surface area contributed by atoms with Gasteiger partial charge in [0.25, 0.3) is 5.56 Å². The SMILES string of the molecule is Cc1nn(CCCC(=O)NCCC(C)C)c(=O)c2cc3sccc3n12. The first-order chi connectivity index (χ1) is 12.0. The Morgan fingerprint density at radius 1 is 1.36 bits per heavy atom. The van der Waals surface area contributed by atoms with Gasteiger partial charge in [0.1, 0.15) is 11.3 Å². The lowest BCUT2D eigenvalue weighted by molar-refractivity contribution is -0.121. The van der Waals surface area contributed by atoms with E-state index in [1.165, 1.54) is 4.68 Å². The number of nitrogens with zero attached hydrogens (tertiary/aromatic N) is 3. The molecule has 0 aliphatic carbocycles. The van der Waals surface area contributed by atoms with Crippen LogP contribution in [0.15, 0.2) is 22.3 Å². The Bertz CT molecular complexity index is 951. The van der Waals surface area contributed by atoms with Crippen LogP contribution in [0.25, 0.3) is 15.7 Å². The fourth-order valence-electron chi connectivity index (χ4n) is 2.96. The highest BCUT2D eigenvalue weighted by molar-refractivity contribution is 7.17. The topological polar surface area (TPSA) is 68.4 Å². The van der Waals surface area contributed by atoms with Crippen molar-refractivity contribution in [2.24, 2.45) is 5.92 Å². The number of aromatic nitrogens is 3. The van der Waals surface area contributed by atoms with E-state index in [2.05, 4.69) is 24.3 Å². The van der Waals surface area contributed by atoms with Crippen molar-refractivity contribution in [1.29, 1.82) is 0 Å². The summed E-state index contributed by atoms with van der Waals surface area (Å²) in [7, 11) is 0. The quantitative estimate of drug-likeness (QED) is 0.704. The first-order valence-electron chi connectivity index (χ1n) is 8.70. The van der Waals surface area contributed by atoms with Crippen LogP contribution < -0.4 is 10.9 Å². The molecule has 0 aliphatic heterocycles. The van der Waals surface area contributed by atoms with Crippen LogP contribution in [0, 0.1) is 12.8 Å². The molecule has 3 rings (SSSR count). The standard InChI is InChI=1S/C18H24N4O2S/c1-12(2)6-8-19-17(23)5-4-9-21-18(24)15-11-16-14(7-10-25-16)22(15)13(3)20-21/h7,10-12H,4-6,8-9H2,1-3H3,(H,19,23). The Morgan fingerprint density at radius 3 is 2.92 bits per heavy atom. The molecule has 1 N–H and O–H groups in total. The molecule has 0 saturated heterocycles. The van der Waals surface area contributed by atoms with Crippen LogP contribution in [-0.4, -0.2) is 26.6 Å². The van der Waals surface area contributed by atoms with E-state index in [1.54, 1.807) is 11.3 Å². The number of hydrogen-bond donors (Lipinski definition) is 1. The zero-order chi connectivity index (χ0) is 18.0. The number of aryl methyl sites for hydroxylation is 2. The molecule has 134 valence electrons. The minimum Gasteiger partial charge on any atom is -0.356 e. The highest BCUT2D eigenvalue weighted by Crippen LogP contribution is 2.24. The first-order valence-corrected chi connectivity index (χ1v) is 9.58. The predicted molar refractivity (Wildman–Crippen MR) is 101 cm³/mol. The maximum atomic E-state index is 12.7. The van der Waals surface area contributed by atoms with Gasteiger partial charge in [-0.3, -0.25) is 14.0 Å². The van der Waals surface area contributed by atoms with Gasteiger partial charge in [-0.1, -0.05) is 13.8 Å². The van der Waals surface area contributed by atoms with Gasteiger partial charge in [0.15, 0.2) is 0 Å². The monoisotopic (exact) mass is 360 g/mol. The second kappa shape index (κ2) is 7.39. The van der Waals surface area contributed by atoms with E-state index < -0.39 is 0 Å². The molecule has 3 aromatic rings. The zero-order valence-electron chi connectivity index (χ0n) is 14.9. The number of carbonyl (C=O) groups is 1. The molecule has 0 unspecified atom stereocenters. The van der Waals surface area contributed by atoms with Crippen LogP contribution in [0.2, 0.25) is 0 Å². The summed E-state index contributed by atoms with van der Waals surface area (Å²) in [4.78, 5) is 24.5. The molecule has 25 heavy (non-hydrogen) atoms. The molecule has 0 aliphatic rings. The smallest absolute Gasteiger partial charge is 0.291 e. The lowest BCUT2D eigenvalue weighted by Crippen LogP contribution is -2.28. The lowest BCUT2D eigenvalue weighted by atomic mass is 10.1. The van der Waals surface area contributed by atoms with Gasteiger partial charge in [-0.2, -0.15) is 5.10 Å². The molecule has 0 atom stereocenters. The van der Waals surface area contributed by atoms with Crippen molar-refractivity contribution in [3.63, 3.8) is 0 Å². The van der Waals surface area contributed by atoms with Gasteiger partial charge in [0, 0.05) is 19.5 Å². The van der Waals surface area contributed by atoms with Gasteiger partial charge in [0.05, 0.1) is 10.2 Å². The second-order valence-electron chi connectivity index (χ2n) is 6.75. The maximum Gasteiger partial charge on any atom is 0.291 e. The Morgan fingerprint density at radius 2 is 2.16 bits per heavy atom. The average molecular weight is 360 g/mol. The largest absolute Gasteiger partial charge is 0.356 e. The Hall–Kier alpha value is -2.15. The number of fused-ring (bicyclic) bond motifs is 3. The van der Waals surface area contributed by atoms with E-state index in [0.717, 1.165) is 22.5 Å². The normalized spacial score (nSPS) is 11.7. The van der Waals surface area contributed by atoms with Gasteiger partial charge < -0.3 is 5.32 Å². The van der Waals surface area contributed by atoms with E-state index in [9.17, 15) is 9.59 Å².